The Morgan fingerprint density at radius 1 is 1.25 bits per heavy atom. The summed E-state index contributed by atoms with van der Waals surface area (Å²) < 4.78 is 0. The molecule has 20 heavy (non-hydrogen) atoms. The van der Waals surface area contributed by atoms with Gasteiger partial charge in [-0.3, -0.25) is 0 Å². The van der Waals surface area contributed by atoms with E-state index in [2.05, 4.69) is 62.2 Å². The lowest BCUT2D eigenvalue weighted by Gasteiger charge is -2.40. The number of nitrogens with one attached hydrogen (secondary N) is 1. The zero-order chi connectivity index (χ0) is 14.5. The first-order chi connectivity index (χ1) is 9.63. The van der Waals surface area contributed by atoms with Gasteiger partial charge < -0.3 is 10.2 Å². The predicted molar refractivity (Wildman–Crippen MR) is 88.4 cm³/mol. The van der Waals surface area contributed by atoms with Crippen LogP contribution in [0.5, 0.6) is 0 Å². The van der Waals surface area contributed by atoms with Gasteiger partial charge in [0.25, 0.3) is 0 Å². The summed E-state index contributed by atoms with van der Waals surface area (Å²) in [6, 6.07) is 10.0. The molecule has 2 nitrogen and oxygen atoms in total. The molecular formula is C18H30N2. The van der Waals surface area contributed by atoms with E-state index in [0.29, 0.717) is 12.1 Å². The van der Waals surface area contributed by atoms with Gasteiger partial charge in [0.2, 0.25) is 0 Å². The van der Waals surface area contributed by atoms with Gasteiger partial charge in [0, 0.05) is 24.3 Å². The zero-order valence-electron chi connectivity index (χ0n) is 13.5. The zero-order valence-corrected chi connectivity index (χ0v) is 13.5. The molecule has 3 atom stereocenters. The van der Waals surface area contributed by atoms with Crippen LogP contribution in [0.3, 0.4) is 0 Å². The smallest absolute Gasteiger partial charge is 0.0417 e. The van der Waals surface area contributed by atoms with E-state index in [1.807, 2.05) is 0 Å². The molecule has 0 saturated carbocycles. The van der Waals surface area contributed by atoms with Crippen LogP contribution in [0.4, 0.5) is 5.69 Å². The molecule has 0 spiro atoms. The number of piperidine rings is 1. The Labute approximate surface area is 124 Å². The summed E-state index contributed by atoms with van der Waals surface area (Å²) in [5, 5.41) is 3.63. The van der Waals surface area contributed by atoms with Crippen LogP contribution in [0.2, 0.25) is 0 Å². The van der Waals surface area contributed by atoms with Crippen molar-refractivity contribution in [2.75, 3.05) is 18.0 Å². The Morgan fingerprint density at radius 3 is 2.75 bits per heavy atom. The van der Waals surface area contributed by atoms with Gasteiger partial charge in [-0.25, -0.2) is 0 Å². The highest BCUT2D eigenvalue weighted by Crippen LogP contribution is 2.32. The fourth-order valence-electron chi connectivity index (χ4n) is 3.21. The Kier molecular flexibility index (Phi) is 5.47. The van der Waals surface area contributed by atoms with Crippen LogP contribution in [0.15, 0.2) is 24.3 Å². The van der Waals surface area contributed by atoms with E-state index >= 15 is 0 Å². The molecule has 0 aliphatic carbocycles. The maximum absolute atomic E-state index is 3.63. The van der Waals surface area contributed by atoms with Gasteiger partial charge in [0.1, 0.15) is 0 Å². The van der Waals surface area contributed by atoms with Gasteiger partial charge in [0.15, 0.2) is 0 Å². The largest absolute Gasteiger partial charge is 0.368 e. The summed E-state index contributed by atoms with van der Waals surface area (Å²) in [6.45, 7) is 11.5. The molecule has 1 heterocycles. The molecule has 1 N–H and O–H groups in total. The quantitative estimate of drug-likeness (QED) is 0.857. The minimum atomic E-state index is 0.426. The standard InChI is InChI=1S/C18H30N2/c1-5-12-19-16(4)17-8-6-7-9-18(17)20-13-14(2)10-11-15(20)3/h6-9,14-16,19H,5,10-13H2,1-4H3. The lowest BCUT2D eigenvalue weighted by atomic mass is 9.93. The molecule has 3 unspecified atom stereocenters. The van der Waals surface area contributed by atoms with Crippen molar-refractivity contribution in [1.29, 1.82) is 0 Å². The Bertz CT molecular complexity index is 416. The SMILES string of the molecule is CCCNC(C)c1ccccc1N1CC(C)CCC1C. The van der Waals surface area contributed by atoms with Crippen molar-refractivity contribution >= 4 is 5.69 Å². The van der Waals surface area contributed by atoms with E-state index in [1.165, 1.54) is 37.1 Å². The number of benzene rings is 1. The second-order valence-electron chi connectivity index (χ2n) is 6.42. The number of rotatable bonds is 5. The number of para-hydroxylation sites is 1. The van der Waals surface area contributed by atoms with E-state index < -0.39 is 0 Å². The van der Waals surface area contributed by atoms with Crippen LogP contribution < -0.4 is 10.2 Å². The first-order valence-electron chi connectivity index (χ1n) is 8.22. The number of hydrogen-bond acceptors (Lipinski definition) is 2. The van der Waals surface area contributed by atoms with Crippen molar-refractivity contribution in [2.24, 2.45) is 5.92 Å². The molecule has 1 aliphatic heterocycles. The van der Waals surface area contributed by atoms with Crippen LogP contribution in [-0.2, 0) is 0 Å². The van der Waals surface area contributed by atoms with Gasteiger partial charge in [0.05, 0.1) is 0 Å². The van der Waals surface area contributed by atoms with Crippen molar-refractivity contribution in [1.82, 2.24) is 5.32 Å². The van der Waals surface area contributed by atoms with Crippen molar-refractivity contribution in [3.8, 4) is 0 Å². The molecule has 2 heteroatoms. The molecule has 0 amide bonds. The minimum absolute atomic E-state index is 0.426. The third-order valence-electron chi connectivity index (χ3n) is 4.53. The first-order valence-corrected chi connectivity index (χ1v) is 8.22. The molecule has 1 aromatic carbocycles. The van der Waals surface area contributed by atoms with E-state index in [9.17, 15) is 0 Å². The minimum Gasteiger partial charge on any atom is -0.368 e. The highest BCUT2D eigenvalue weighted by molar-refractivity contribution is 5.56. The molecule has 112 valence electrons. The van der Waals surface area contributed by atoms with Crippen molar-refractivity contribution in [2.45, 2.75) is 59.0 Å². The Balaban J connectivity index is 2.22. The molecule has 0 radical (unpaired) electrons. The van der Waals surface area contributed by atoms with Crippen molar-refractivity contribution < 1.29 is 0 Å². The highest BCUT2D eigenvalue weighted by Gasteiger charge is 2.25. The van der Waals surface area contributed by atoms with Gasteiger partial charge in [-0.2, -0.15) is 0 Å². The average molecular weight is 274 g/mol. The first kappa shape index (κ1) is 15.4. The topological polar surface area (TPSA) is 15.3 Å². The van der Waals surface area contributed by atoms with Crippen molar-refractivity contribution in [3.05, 3.63) is 29.8 Å². The molecule has 1 saturated heterocycles. The number of hydrogen-bond donors (Lipinski definition) is 1. The predicted octanol–water partition coefficient (Wildman–Crippen LogP) is 4.37. The fourth-order valence-corrected chi connectivity index (χ4v) is 3.21. The second kappa shape index (κ2) is 7.12. The van der Waals surface area contributed by atoms with Crippen molar-refractivity contribution in [3.63, 3.8) is 0 Å². The summed E-state index contributed by atoms with van der Waals surface area (Å²) in [7, 11) is 0. The molecule has 2 rings (SSSR count). The monoisotopic (exact) mass is 274 g/mol. The number of anilines is 1. The molecule has 1 aliphatic rings. The Morgan fingerprint density at radius 2 is 2.00 bits per heavy atom. The highest BCUT2D eigenvalue weighted by atomic mass is 15.2. The lowest BCUT2D eigenvalue weighted by molar-refractivity contribution is 0.389. The normalized spacial score (nSPS) is 24.7. The summed E-state index contributed by atoms with van der Waals surface area (Å²) in [5.74, 6) is 0.804. The molecule has 1 aromatic rings. The van der Waals surface area contributed by atoms with Crippen LogP contribution in [-0.4, -0.2) is 19.1 Å². The maximum atomic E-state index is 3.63. The van der Waals surface area contributed by atoms with Crippen LogP contribution in [0, 0.1) is 5.92 Å². The van der Waals surface area contributed by atoms with Gasteiger partial charge >= 0.3 is 0 Å². The van der Waals surface area contributed by atoms with E-state index in [-0.39, 0.29) is 0 Å². The second-order valence-corrected chi connectivity index (χ2v) is 6.42. The summed E-state index contributed by atoms with van der Waals surface area (Å²) in [5.41, 5.74) is 2.88. The third-order valence-corrected chi connectivity index (χ3v) is 4.53. The third kappa shape index (κ3) is 3.54. The van der Waals surface area contributed by atoms with Crippen LogP contribution >= 0.6 is 0 Å². The Hall–Kier alpha value is -1.02. The van der Waals surface area contributed by atoms with Gasteiger partial charge in [-0.15, -0.1) is 0 Å². The molecule has 1 fully saturated rings. The van der Waals surface area contributed by atoms with Gasteiger partial charge in [-0.05, 0) is 57.2 Å². The summed E-state index contributed by atoms with van der Waals surface area (Å²) in [4.78, 5) is 2.62. The van der Waals surface area contributed by atoms with E-state index in [0.717, 1.165) is 12.5 Å². The molecule has 0 bridgehead atoms. The maximum Gasteiger partial charge on any atom is 0.0417 e. The summed E-state index contributed by atoms with van der Waals surface area (Å²) >= 11 is 0. The number of nitrogens with zero attached hydrogens (tertiary/aromatic N) is 1. The molecule has 0 aromatic heterocycles. The van der Waals surface area contributed by atoms with E-state index in [1.54, 1.807) is 0 Å². The molecular weight excluding hydrogens is 244 g/mol. The van der Waals surface area contributed by atoms with E-state index in [4.69, 9.17) is 0 Å². The van der Waals surface area contributed by atoms with Gasteiger partial charge in [-0.1, -0.05) is 32.0 Å². The summed E-state index contributed by atoms with van der Waals surface area (Å²) in [6.07, 6.45) is 3.86. The van der Waals surface area contributed by atoms with Crippen LogP contribution in [0.25, 0.3) is 0 Å². The average Bonchev–Trinajstić information content (AvgIpc) is 2.47. The van der Waals surface area contributed by atoms with Crippen LogP contribution in [0.1, 0.15) is 58.6 Å². The lowest BCUT2D eigenvalue weighted by Crippen LogP contribution is -2.42. The fraction of sp³-hybridized carbons (Fsp3) is 0.667.